The molecule has 120 valence electrons. The molecule has 0 spiro atoms. The summed E-state index contributed by atoms with van der Waals surface area (Å²) in [6.45, 7) is 6.69. The first-order valence-electron chi connectivity index (χ1n) is 7.49. The molecule has 1 fully saturated rings. The molecular weight excluding hydrogens is 300 g/mol. The highest BCUT2D eigenvalue weighted by atomic mass is 32.2. The van der Waals surface area contributed by atoms with Crippen LogP contribution in [0.5, 0.6) is 5.75 Å². The number of piperazine rings is 1. The van der Waals surface area contributed by atoms with E-state index in [9.17, 15) is 9.59 Å². The third-order valence-corrected chi connectivity index (χ3v) is 4.57. The number of ether oxygens (including phenoxy) is 1. The van der Waals surface area contributed by atoms with Crippen LogP contribution in [0.1, 0.15) is 13.8 Å². The number of carbonyl (C=O) groups is 2. The molecule has 0 bridgehead atoms. The Morgan fingerprint density at radius 3 is 2.23 bits per heavy atom. The van der Waals surface area contributed by atoms with Crippen molar-refractivity contribution in [2.24, 2.45) is 0 Å². The molecule has 0 N–H and O–H groups in total. The molecule has 1 aromatic carbocycles. The van der Waals surface area contributed by atoms with E-state index in [0.717, 1.165) is 10.6 Å². The predicted octanol–water partition coefficient (Wildman–Crippen LogP) is 1.87. The van der Waals surface area contributed by atoms with Crippen LogP contribution in [0, 0.1) is 0 Å². The van der Waals surface area contributed by atoms with Crippen LogP contribution in [0.4, 0.5) is 0 Å². The monoisotopic (exact) mass is 322 g/mol. The average molecular weight is 322 g/mol. The molecule has 2 amide bonds. The first kappa shape index (κ1) is 16.7. The zero-order chi connectivity index (χ0) is 15.9. The second-order valence-corrected chi connectivity index (χ2v) is 6.13. The molecule has 1 aliphatic heterocycles. The highest BCUT2D eigenvalue weighted by Gasteiger charge is 2.22. The van der Waals surface area contributed by atoms with Crippen molar-refractivity contribution in [3.8, 4) is 5.75 Å². The fourth-order valence-electron chi connectivity index (χ4n) is 2.31. The van der Waals surface area contributed by atoms with Crippen LogP contribution in [-0.2, 0) is 9.59 Å². The topological polar surface area (TPSA) is 49.9 Å². The van der Waals surface area contributed by atoms with Crippen LogP contribution >= 0.6 is 11.8 Å². The number of nitrogens with zero attached hydrogens (tertiary/aromatic N) is 2. The number of hydrogen-bond acceptors (Lipinski definition) is 4. The van der Waals surface area contributed by atoms with Crippen molar-refractivity contribution in [3.63, 3.8) is 0 Å². The molecule has 1 aromatic rings. The number of benzene rings is 1. The molecule has 2 rings (SSSR count). The van der Waals surface area contributed by atoms with Gasteiger partial charge in [-0.1, -0.05) is 0 Å². The third-order valence-electron chi connectivity index (χ3n) is 3.57. The van der Waals surface area contributed by atoms with Gasteiger partial charge in [0.15, 0.2) is 0 Å². The van der Waals surface area contributed by atoms with E-state index in [1.54, 1.807) is 11.8 Å². The van der Waals surface area contributed by atoms with Gasteiger partial charge in [0.1, 0.15) is 5.75 Å². The van der Waals surface area contributed by atoms with Gasteiger partial charge in [-0.2, -0.15) is 0 Å². The van der Waals surface area contributed by atoms with Crippen LogP contribution in [0.3, 0.4) is 0 Å². The summed E-state index contributed by atoms with van der Waals surface area (Å²) < 4.78 is 5.39. The van der Waals surface area contributed by atoms with Crippen molar-refractivity contribution in [3.05, 3.63) is 24.3 Å². The molecule has 22 heavy (non-hydrogen) atoms. The summed E-state index contributed by atoms with van der Waals surface area (Å²) in [6.07, 6.45) is 0. The summed E-state index contributed by atoms with van der Waals surface area (Å²) in [6, 6.07) is 7.77. The van der Waals surface area contributed by atoms with E-state index in [2.05, 4.69) is 0 Å². The van der Waals surface area contributed by atoms with Crippen LogP contribution in [0.25, 0.3) is 0 Å². The van der Waals surface area contributed by atoms with Gasteiger partial charge in [-0.25, -0.2) is 0 Å². The van der Waals surface area contributed by atoms with Crippen LogP contribution in [-0.4, -0.2) is 60.2 Å². The lowest BCUT2D eigenvalue weighted by Crippen LogP contribution is -2.50. The Bertz CT molecular complexity index is 511. The van der Waals surface area contributed by atoms with Crippen molar-refractivity contribution in [1.82, 2.24) is 9.80 Å². The van der Waals surface area contributed by atoms with Gasteiger partial charge in [0.2, 0.25) is 11.8 Å². The first-order valence-corrected chi connectivity index (χ1v) is 8.47. The van der Waals surface area contributed by atoms with E-state index >= 15 is 0 Å². The lowest BCUT2D eigenvalue weighted by molar-refractivity contribution is -0.136. The Morgan fingerprint density at radius 2 is 1.68 bits per heavy atom. The van der Waals surface area contributed by atoms with E-state index < -0.39 is 0 Å². The number of thioether (sulfide) groups is 1. The summed E-state index contributed by atoms with van der Waals surface area (Å²) in [5.74, 6) is 1.48. The largest absolute Gasteiger partial charge is 0.494 e. The van der Waals surface area contributed by atoms with Gasteiger partial charge in [0, 0.05) is 38.0 Å². The Hall–Kier alpha value is -1.69. The number of hydrogen-bond donors (Lipinski definition) is 0. The van der Waals surface area contributed by atoms with E-state index in [-0.39, 0.29) is 11.8 Å². The molecule has 0 saturated carbocycles. The molecule has 0 radical (unpaired) electrons. The molecule has 0 aliphatic carbocycles. The second-order valence-electron chi connectivity index (χ2n) is 5.08. The lowest BCUT2D eigenvalue weighted by atomic mass is 10.3. The normalized spacial score (nSPS) is 14.8. The minimum atomic E-state index is 0.0795. The maximum absolute atomic E-state index is 12.2. The van der Waals surface area contributed by atoms with Crippen molar-refractivity contribution >= 4 is 23.6 Å². The Morgan fingerprint density at radius 1 is 1.09 bits per heavy atom. The zero-order valence-electron chi connectivity index (χ0n) is 13.1. The maximum Gasteiger partial charge on any atom is 0.233 e. The molecule has 0 atom stereocenters. The SMILES string of the molecule is CCOc1ccc(SCC(=O)N2CCN(C(C)=O)CC2)cc1. The van der Waals surface area contributed by atoms with Crippen LogP contribution < -0.4 is 4.74 Å². The van der Waals surface area contributed by atoms with Gasteiger partial charge in [0.05, 0.1) is 12.4 Å². The summed E-state index contributed by atoms with van der Waals surface area (Å²) in [4.78, 5) is 28.1. The van der Waals surface area contributed by atoms with E-state index in [1.165, 1.54) is 11.8 Å². The van der Waals surface area contributed by atoms with Gasteiger partial charge < -0.3 is 14.5 Å². The van der Waals surface area contributed by atoms with Gasteiger partial charge >= 0.3 is 0 Å². The third kappa shape index (κ3) is 4.66. The zero-order valence-corrected chi connectivity index (χ0v) is 13.9. The van der Waals surface area contributed by atoms with Gasteiger partial charge in [-0.15, -0.1) is 11.8 Å². The van der Waals surface area contributed by atoms with Crippen LogP contribution in [0.2, 0.25) is 0 Å². The van der Waals surface area contributed by atoms with Gasteiger partial charge in [0.25, 0.3) is 0 Å². The smallest absolute Gasteiger partial charge is 0.233 e. The van der Waals surface area contributed by atoms with E-state index in [4.69, 9.17) is 4.74 Å². The molecule has 1 aliphatic rings. The number of carbonyl (C=O) groups excluding carboxylic acids is 2. The van der Waals surface area contributed by atoms with E-state index in [0.29, 0.717) is 38.5 Å². The van der Waals surface area contributed by atoms with E-state index in [1.807, 2.05) is 36.1 Å². The second kappa shape index (κ2) is 8.08. The Kier molecular flexibility index (Phi) is 6.12. The summed E-state index contributed by atoms with van der Waals surface area (Å²) in [5.41, 5.74) is 0. The fraction of sp³-hybridized carbons (Fsp3) is 0.500. The predicted molar refractivity (Wildman–Crippen MR) is 87.2 cm³/mol. The molecule has 1 saturated heterocycles. The Balaban J connectivity index is 1.77. The molecular formula is C16H22N2O3S. The lowest BCUT2D eigenvalue weighted by Gasteiger charge is -2.34. The van der Waals surface area contributed by atoms with Crippen molar-refractivity contribution in [2.75, 3.05) is 38.5 Å². The van der Waals surface area contributed by atoms with Crippen molar-refractivity contribution < 1.29 is 14.3 Å². The Labute approximate surface area is 135 Å². The highest BCUT2D eigenvalue weighted by molar-refractivity contribution is 8.00. The number of amides is 2. The number of rotatable bonds is 5. The molecule has 0 unspecified atom stereocenters. The molecule has 0 aromatic heterocycles. The minimum Gasteiger partial charge on any atom is -0.494 e. The summed E-state index contributed by atoms with van der Waals surface area (Å²) >= 11 is 1.53. The van der Waals surface area contributed by atoms with Gasteiger partial charge in [-0.05, 0) is 31.2 Å². The quantitative estimate of drug-likeness (QED) is 0.777. The molecule has 1 heterocycles. The fourth-order valence-corrected chi connectivity index (χ4v) is 3.11. The summed E-state index contributed by atoms with van der Waals surface area (Å²) in [7, 11) is 0. The summed E-state index contributed by atoms with van der Waals surface area (Å²) in [5, 5.41) is 0. The average Bonchev–Trinajstić information content (AvgIpc) is 2.54. The van der Waals surface area contributed by atoms with Crippen molar-refractivity contribution in [1.29, 1.82) is 0 Å². The molecule has 6 heteroatoms. The van der Waals surface area contributed by atoms with Crippen LogP contribution in [0.15, 0.2) is 29.2 Å². The first-order chi connectivity index (χ1) is 10.6. The van der Waals surface area contributed by atoms with Crippen molar-refractivity contribution in [2.45, 2.75) is 18.7 Å². The standard InChI is InChI=1S/C16H22N2O3S/c1-3-21-14-4-6-15(7-5-14)22-12-16(20)18-10-8-17(9-11-18)13(2)19/h4-7H,3,8-12H2,1-2H3. The minimum absolute atomic E-state index is 0.0795. The molecule has 5 nitrogen and oxygen atoms in total. The van der Waals surface area contributed by atoms with Gasteiger partial charge in [-0.3, -0.25) is 9.59 Å². The maximum atomic E-state index is 12.2. The highest BCUT2D eigenvalue weighted by Crippen LogP contribution is 2.22.